The second-order valence-electron chi connectivity index (χ2n) is 5.35. The predicted molar refractivity (Wildman–Crippen MR) is 78.3 cm³/mol. The monoisotopic (exact) mass is 301 g/mol. The van der Waals surface area contributed by atoms with E-state index in [4.69, 9.17) is 5.11 Å². The van der Waals surface area contributed by atoms with Crippen LogP contribution in [0, 0.1) is 5.92 Å². The topological polar surface area (TPSA) is 92.5 Å². The zero-order valence-electron chi connectivity index (χ0n) is 11.8. The van der Waals surface area contributed by atoms with Gasteiger partial charge in [-0.15, -0.1) is 0 Å². The van der Waals surface area contributed by atoms with Gasteiger partial charge in [0, 0.05) is 18.5 Å². The smallest absolute Gasteiger partial charge is 0.308 e. The largest absolute Gasteiger partial charge is 0.481 e. The van der Waals surface area contributed by atoms with Crippen molar-refractivity contribution >= 4 is 22.8 Å². The van der Waals surface area contributed by atoms with Gasteiger partial charge in [-0.3, -0.25) is 19.1 Å². The second-order valence-corrected chi connectivity index (χ2v) is 5.35. The quantitative estimate of drug-likeness (QED) is 0.882. The minimum absolute atomic E-state index is 0.00681. The number of likely N-dealkylation sites (tertiary alicyclic amines) is 1. The highest BCUT2D eigenvalue weighted by Crippen LogP contribution is 2.17. The molecule has 1 aromatic carbocycles. The highest BCUT2D eigenvalue weighted by molar-refractivity contribution is 5.82. The number of carboxylic acids is 1. The summed E-state index contributed by atoms with van der Waals surface area (Å²) in [5, 5.41) is 13.5. The standard InChI is InChI=1S/C15H15N3O4/c19-13-7-16-18(12-4-2-1-3-11(12)13)9-14(20)17-6-5-10(8-17)15(21)22/h1-4,7,10H,5-6,8-9H2,(H,21,22)/t10-/m1/s1. The third-order valence-electron chi connectivity index (χ3n) is 3.94. The van der Waals surface area contributed by atoms with Crippen molar-refractivity contribution in [1.29, 1.82) is 0 Å². The van der Waals surface area contributed by atoms with Crippen molar-refractivity contribution < 1.29 is 14.7 Å². The average molecular weight is 301 g/mol. The molecule has 0 spiro atoms. The second kappa shape index (κ2) is 5.59. The van der Waals surface area contributed by atoms with Crippen LogP contribution in [0.2, 0.25) is 0 Å². The number of hydrogen-bond acceptors (Lipinski definition) is 4. The number of benzene rings is 1. The van der Waals surface area contributed by atoms with Crippen LogP contribution in [0.3, 0.4) is 0 Å². The van der Waals surface area contributed by atoms with Crippen molar-refractivity contribution in [2.75, 3.05) is 13.1 Å². The van der Waals surface area contributed by atoms with Crippen LogP contribution in [0.5, 0.6) is 0 Å². The number of fused-ring (bicyclic) bond motifs is 1. The van der Waals surface area contributed by atoms with Crippen molar-refractivity contribution in [1.82, 2.24) is 14.7 Å². The number of rotatable bonds is 3. The molecule has 3 rings (SSSR count). The molecule has 1 aromatic heterocycles. The van der Waals surface area contributed by atoms with E-state index in [2.05, 4.69) is 5.10 Å². The number of carboxylic acid groups (broad SMARTS) is 1. The average Bonchev–Trinajstić information content (AvgIpc) is 3.01. The van der Waals surface area contributed by atoms with Gasteiger partial charge >= 0.3 is 5.97 Å². The van der Waals surface area contributed by atoms with Gasteiger partial charge in [0.1, 0.15) is 6.54 Å². The molecule has 1 aliphatic heterocycles. The van der Waals surface area contributed by atoms with E-state index < -0.39 is 11.9 Å². The summed E-state index contributed by atoms with van der Waals surface area (Å²) in [6.45, 7) is 0.660. The van der Waals surface area contributed by atoms with Crippen molar-refractivity contribution in [3.8, 4) is 0 Å². The third-order valence-corrected chi connectivity index (χ3v) is 3.94. The van der Waals surface area contributed by atoms with Crippen molar-refractivity contribution in [3.05, 3.63) is 40.7 Å². The molecule has 22 heavy (non-hydrogen) atoms. The van der Waals surface area contributed by atoms with E-state index in [0.717, 1.165) is 0 Å². The first-order valence-corrected chi connectivity index (χ1v) is 7.01. The molecule has 1 saturated heterocycles. The molecule has 0 unspecified atom stereocenters. The first-order valence-electron chi connectivity index (χ1n) is 7.01. The highest BCUT2D eigenvalue weighted by atomic mass is 16.4. The number of carbonyl (C=O) groups excluding carboxylic acids is 1. The number of carbonyl (C=O) groups is 2. The Hall–Kier alpha value is -2.70. The maximum Gasteiger partial charge on any atom is 0.308 e. The number of hydrogen-bond donors (Lipinski definition) is 1. The Morgan fingerprint density at radius 3 is 2.82 bits per heavy atom. The molecular weight excluding hydrogens is 286 g/mol. The molecule has 0 aliphatic carbocycles. The van der Waals surface area contributed by atoms with Gasteiger partial charge in [0.25, 0.3) is 0 Å². The SMILES string of the molecule is O=C(O)[C@@H]1CCN(C(=O)Cn2ncc(=O)c3ccccc32)C1. The maximum atomic E-state index is 12.3. The van der Waals surface area contributed by atoms with Crippen LogP contribution >= 0.6 is 0 Å². The van der Waals surface area contributed by atoms with Crippen LogP contribution in [0.4, 0.5) is 0 Å². The molecule has 2 heterocycles. The molecule has 1 fully saturated rings. The van der Waals surface area contributed by atoms with Crippen LogP contribution < -0.4 is 5.43 Å². The lowest BCUT2D eigenvalue weighted by Crippen LogP contribution is -2.33. The van der Waals surface area contributed by atoms with Gasteiger partial charge in [0.05, 0.1) is 17.6 Å². The minimum Gasteiger partial charge on any atom is -0.481 e. The Balaban J connectivity index is 1.82. The molecule has 1 aliphatic rings. The van der Waals surface area contributed by atoms with E-state index in [-0.39, 0.29) is 24.4 Å². The predicted octanol–water partition coefficient (Wildman–Crippen LogP) is 0.330. The van der Waals surface area contributed by atoms with E-state index in [9.17, 15) is 14.4 Å². The summed E-state index contributed by atoms with van der Waals surface area (Å²) in [5.74, 6) is -1.56. The van der Waals surface area contributed by atoms with Crippen LogP contribution in [0.25, 0.3) is 10.9 Å². The van der Waals surface area contributed by atoms with Crippen molar-refractivity contribution in [2.45, 2.75) is 13.0 Å². The number of para-hydroxylation sites is 1. The number of aliphatic carboxylic acids is 1. The van der Waals surface area contributed by atoms with Crippen LogP contribution in [0.1, 0.15) is 6.42 Å². The minimum atomic E-state index is -0.873. The molecule has 2 aromatic rings. The van der Waals surface area contributed by atoms with Gasteiger partial charge < -0.3 is 10.0 Å². The lowest BCUT2D eigenvalue weighted by Gasteiger charge is -2.17. The molecule has 1 N–H and O–H groups in total. The van der Waals surface area contributed by atoms with E-state index >= 15 is 0 Å². The molecule has 0 bridgehead atoms. The summed E-state index contributed by atoms with van der Waals surface area (Å²) in [6.07, 6.45) is 1.67. The Kier molecular flexibility index (Phi) is 3.62. The number of aromatic nitrogens is 2. The maximum absolute atomic E-state index is 12.3. The summed E-state index contributed by atoms with van der Waals surface area (Å²) in [7, 11) is 0. The summed E-state index contributed by atoms with van der Waals surface area (Å²) < 4.78 is 1.48. The Bertz CT molecular complexity index is 799. The third kappa shape index (κ3) is 2.57. The van der Waals surface area contributed by atoms with Gasteiger partial charge in [-0.05, 0) is 18.6 Å². The van der Waals surface area contributed by atoms with Crippen LogP contribution in [0.15, 0.2) is 35.3 Å². The van der Waals surface area contributed by atoms with E-state index in [1.54, 1.807) is 24.3 Å². The fourth-order valence-electron chi connectivity index (χ4n) is 2.70. The highest BCUT2D eigenvalue weighted by Gasteiger charge is 2.30. The number of amides is 1. The molecule has 0 radical (unpaired) electrons. The Morgan fingerprint density at radius 2 is 2.09 bits per heavy atom. The Morgan fingerprint density at radius 1 is 1.32 bits per heavy atom. The summed E-state index contributed by atoms with van der Waals surface area (Å²) in [5.41, 5.74) is 0.406. The van der Waals surface area contributed by atoms with Gasteiger partial charge in [-0.25, -0.2) is 0 Å². The normalized spacial score (nSPS) is 17.8. The van der Waals surface area contributed by atoms with E-state index in [1.807, 2.05) is 0 Å². The van der Waals surface area contributed by atoms with Crippen molar-refractivity contribution in [2.24, 2.45) is 5.92 Å². The zero-order chi connectivity index (χ0) is 15.7. The lowest BCUT2D eigenvalue weighted by atomic mass is 10.1. The van der Waals surface area contributed by atoms with Crippen molar-refractivity contribution in [3.63, 3.8) is 0 Å². The van der Waals surface area contributed by atoms with E-state index in [1.165, 1.54) is 15.8 Å². The molecule has 7 heteroatoms. The molecule has 7 nitrogen and oxygen atoms in total. The molecule has 114 valence electrons. The van der Waals surface area contributed by atoms with Crippen LogP contribution in [-0.4, -0.2) is 44.8 Å². The fourth-order valence-corrected chi connectivity index (χ4v) is 2.70. The first kappa shape index (κ1) is 14.2. The molecular formula is C15H15N3O4. The van der Waals surface area contributed by atoms with Gasteiger partial charge in [-0.2, -0.15) is 5.10 Å². The Labute approximate surface area is 125 Å². The molecule has 1 amide bonds. The summed E-state index contributed by atoms with van der Waals surface area (Å²) in [6, 6.07) is 6.96. The molecule has 1 atom stereocenters. The van der Waals surface area contributed by atoms with Gasteiger partial charge in [-0.1, -0.05) is 12.1 Å². The summed E-state index contributed by atoms with van der Waals surface area (Å²) in [4.78, 5) is 36.5. The lowest BCUT2D eigenvalue weighted by molar-refractivity contribution is -0.141. The van der Waals surface area contributed by atoms with Gasteiger partial charge in [0.2, 0.25) is 11.3 Å². The van der Waals surface area contributed by atoms with Crippen LogP contribution in [-0.2, 0) is 16.1 Å². The van der Waals surface area contributed by atoms with E-state index in [0.29, 0.717) is 23.9 Å². The molecule has 0 saturated carbocycles. The zero-order valence-corrected chi connectivity index (χ0v) is 11.8. The fraction of sp³-hybridized carbons (Fsp3) is 0.333. The number of nitrogens with zero attached hydrogens (tertiary/aromatic N) is 3. The summed E-state index contributed by atoms with van der Waals surface area (Å²) >= 11 is 0. The first-order chi connectivity index (χ1) is 10.6. The van der Waals surface area contributed by atoms with Gasteiger partial charge in [0.15, 0.2) is 0 Å².